The Labute approximate surface area is 140 Å². The van der Waals surface area contributed by atoms with E-state index < -0.39 is 0 Å². The van der Waals surface area contributed by atoms with E-state index >= 15 is 0 Å². The molecule has 0 aliphatic rings. The number of para-hydroxylation sites is 1. The van der Waals surface area contributed by atoms with Gasteiger partial charge in [-0.05, 0) is 43.4 Å². The zero-order valence-corrected chi connectivity index (χ0v) is 14.8. The molecule has 0 aliphatic carbocycles. The first kappa shape index (κ1) is 17.3. The first-order valence-corrected chi connectivity index (χ1v) is 8.63. The van der Waals surface area contributed by atoms with Crippen molar-refractivity contribution in [1.82, 2.24) is 9.97 Å². The molecule has 0 fully saturated rings. The Balaban J connectivity index is 2.26. The smallest absolute Gasteiger partial charge is 0.229 e. The van der Waals surface area contributed by atoms with Crippen LogP contribution in [0.1, 0.15) is 44.7 Å². The van der Waals surface area contributed by atoms with Crippen LogP contribution in [-0.4, -0.2) is 23.1 Å². The van der Waals surface area contributed by atoms with Crippen molar-refractivity contribution in [1.29, 1.82) is 0 Å². The lowest BCUT2D eigenvalue weighted by Gasteiger charge is -2.23. The predicted octanol–water partition coefficient (Wildman–Crippen LogP) is 4.72. The number of aryl methyl sites for hydroxylation is 2. The highest BCUT2D eigenvalue weighted by Crippen LogP contribution is 2.24. The minimum atomic E-state index is 0.670. The Kier molecular flexibility index (Phi) is 6.39. The molecule has 4 nitrogen and oxygen atoms in total. The zero-order valence-electron chi connectivity index (χ0n) is 14.8. The standard InChI is InChI=1S/C19H28N4/c1-5-13-23(14-6-2)17-11-12-20-19(21-17)22-18-15(4)9-8-10-16(18)7-3/h8-12H,5-7,13-14H2,1-4H3,(H,20,21,22). The molecule has 0 radical (unpaired) electrons. The molecule has 0 saturated heterocycles. The molecule has 1 heterocycles. The molecule has 0 bridgehead atoms. The van der Waals surface area contributed by atoms with Crippen LogP contribution in [0.5, 0.6) is 0 Å². The quantitative estimate of drug-likeness (QED) is 0.766. The van der Waals surface area contributed by atoms with Gasteiger partial charge < -0.3 is 10.2 Å². The minimum Gasteiger partial charge on any atom is -0.356 e. The van der Waals surface area contributed by atoms with E-state index in [0.29, 0.717) is 5.95 Å². The van der Waals surface area contributed by atoms with Gasteiger partial charge in [0.15, 0.2) is 0 Å². The minimum absolute atomic E-state index is 0.670. The maximum absolute atomic E-state index is 4.73. The van der Waals surface area contributed by atoms with Gasteiger partial charge >= 0.3 is 0 Å². The van der Waals surface area contributed by atoms with Crippen LogP contribution in [0.3, 0.4) is 0 Å². The highest BCUT2D eigenvalue weighted by Gasteiger charge is 2.10. The van der Waals surface area contributed by atoms with Crippen LogP contribution in [0.15, 0.2) is 30.5 Å². The first-order valence-electron chi connectivity index (χ1n) is 8.63. The number of nitrogens with one attached hydrogen (secondary N) is 1. The third-order valence-electron chi connectivity index (χ3n) is 3.93. The number of hydrogen-bond acceptors (Lipinski definition) is 4. The fourth-order valence-electron chi connectivity index (χ4n) is 2.78. The molecule has 0 saturated carbocycles. The lowest BCUT2D eigenvalue weighted by atomic mass is 10.1. The summed E-state index contributed by atoms with van der Waals surface area (Å²) >= 11 is 0. The second-order valence-corrected chi connectivity index (χ2v) is 5.81. The van der Waals surface area contributed by atoms with Crippen LogP contribution in [0.2, 0.25) is 0 Å². The lowest BCUT2D eigenvalue weighted by Crippen LogP contribution is -2.26. The van der Waals surface area contributed by atoms with E-state index in [4.69, 9.17) is 4.98 Å². The van der Waals surface area contributed by atoms with Gasteiger partial charge in [-0.25, -0.2) is 4.98 Å². The summed E-state index contributed by atoms with van der Waals surface area (Å²) < 4.78 is 0. The van der Waals surface area contributed by atoms with Crippen molar-refractivity contribution in [3.05, 3.63) is 41.6 Å². The van der Waals surface area contributed by atoms with Gasteiger partial charge in [0, 0.05) is 25.0 Å². The van der Waals surface area contributed by atoms with Crippen molar-refractivity contribution < 1.29 is 0 Å². The number of nitrogens with zero attached hydrogens (tertiary/aromatic N) is 3. The zero-order chi connectivity index (χ0) is 16.7. The van der Waals surface area contributed by atoms with E-state index in [9.17, 15) is 0 Å². The first-order chi connectivity index (χ1) is 11.2. The number of aromatic nitrogens is 2. The van der Waals surface area contributed by atoms with Crippen molar-refractivity contribution in [3.63, 3.8) is 0 Å². The summed E-state index contributed by atoms with van der Waals surface area (Å²) in [4.78, 5) is 11.5. The molecular weight excluding hydrogens is 284 g/mol. The average Bonchev–Trinajstić information content (AvgIpc) is 2.57. The number of rotatable bonds is 8. The summed E-state index contributed by atoms with van der Waals surface area (Å²) in [5, 5.41) is 3.42. The molecule has 2 rings (SSSR count). The van der Waals surface area contributed by atoms with Gasteiger partial charge in [-0.2, -0.15) is 4.98 Å². The molecule has 2 aromatic rings. The van der Waals surface area contributed by atoms with E-state index in [-0.39, 0.29) is 0 Å². The highest BCUT2D eigenvalue weighted by molar-refractivity contribution is 5.63. The Morgan fingerprint density at radius 1 is 1.04 bits per heavy atom. The van der Waals surface area contributed by atoms with Crippen molar-refractivity contribution in [2.24, 2.45) is 0 Å². The Hall–Kier alpha value is -2.10. The van der Waals surface area contributed by atoms with Crippen LogP contribution in [0.4, 0.5) is 17.5 Å². The summed E-state index contributed by atoms with van der Waals surface area (Å²) in [7, 11) is 0. The molecule has 0 unspecified atom stereocenters. The van der Waals surface area contributed by atoms with Gasteiger partial charge in [-0.1, -0.05) is 39.0 Å². The van der Waals surface area contributed by atoms with Gasteiger partial charge in [0.05, 0.1) is 0 Å². The van der Waals surface area contributed by atoms with E-state index in [1.807, 2.05) is 12.3 Å². The molecule has 1 aromatic carbocycles. The van der Waals surface area contributed by atoms with Crippen LogP contribution >= 0.6 is 0 Å². The van der Waals surface area contributed by atoms with Gasteiger partial charge in [0.25, 0.3) is 0 Å². The summed E-state index contributed by atoms with van der Waals surface area (Å²) in [6.07, 6.45) is 5.06. The molecule has 4 heteroatoms. The second kappa shape index (κ2) is 8.51. The molecule has 1 N–H and O–H groups in total. The SMILES string of the molecule is CCCN(CCC)c1ccnc(Nc2c(C)cccc2CC)n1. The molecular formula is C19H28N4. The molecule has 23 heavy (non-hydrogen) atoms. The van der Waals surface area contributed by atoms with Crippen molar-refractivity contribution >= 4 is 17.5 Å². The maximum atomic E-state index is 4.73. The average molecular weight is 312 g/mol. The molecule has 124 valence electrons. The maximum Gasteiger partial charge on any atom is 0.229 e. The van der Waals surface area contributed by atoms with Crippen molar-refractivity contribution in [3.8, 4) is 0 Å². The Bertz CT molecular complexity index is 619. The summed E-state index contributed by atoms with van der Waals surface area (Å²) in [6.45, 7) is 10.7. The van der Waals surface area contributed by atoms with E-state index in [2.05, 4.69) is 61.1 Å². The molecule has 0 spiro atoms. The van der Waals surface area contributed by atoms with Gasteiger partial charge in [0.2, 0.25) is 5.95 Å². The fraction of sp³-hybridized carbons (Fsp3) is 0.474. The molecule has 0 amide bonds. The normalized spacial score (nSPS) is 10.6. The topological polar surface area (TPSA) is 41.1 Å². The number of hydrogen-bond donors (Lipinski definition) is 1. The van der Waals surface area contributed by atoms with Crippen LogP contribution in [0.25, 0.3) is 0 Å². The predicted molar refractivity (Wildman–Crippen MR) is 98.7 cm³/mol. The fourth-order valence-corrected chi connectivity index (χ4v) is 2.78. The Morgan fingerprint density at radius 2 is 1.78 bits per heavy atom. The molecule has 0 aliphatic heterocycles. The van der Waals surface area contributed by atoms with Crippen molar-refractivity contribution in [2.75, 3.05) is 23.3 Å². The van der Waals surface area contributed by atoms with Gasteiger partial charge in [-0.15, -0.1) is 0 Å². The summed E-state index contributed by atoms with van der Waals surface area (Å²) in [6, 6.07) is 8.36. The van der Waals surface area contributed by atoms with Crippen LogP contribution < -0.4 is 10.2 Å². The summed E-state index contributed by atoms with van der Waals surface area (Å²) in [5.74, 6) is 1.67. The monoisotopic (exact) mass is 312 g/mol. The van der Waals surface area contributed by atoms with Crippen LogP contribution in [0, 0.1) is 6.92 Å². The van der Waals surface area contributed by atoms with E-state index in [0.717, 1.165) is 43.9 Å². The largest absolute Gasteiger partial charge is 0.356 e. The highest BCUT2D eigenvalue weighted by atomic mass is 15.2. The van der Waals surface area contributed by atoms with E-state index in [1.165, 1.54) is 11.1 Å². The third-order valence-corrected chi connectivity index (χ3v) is 3.93. The van der Waals surface area contributed by atoms with E-state index in [1.54, 1.807) is 0 Å². The van der Waals surface area contributed by atoms with Crippen LogP contribution in [-0.2, 0) is 6.42 Å². The number of benzene rings is 1. The lowest BCUT2D eigenvalue weighted by molar-refractivity contribution is 0.733. The number of anilines is 3. The third kappa shape index (κ3) is 4.44. The van der Waals surface area contributed by atoms with Gasteiger partial charge in [0.1, 0.15) is 5.82 Å². The molecule has 1 aromatic heterocycles. The van der Waals surface area contributed by atoms with Gasteiger partial charge in [-0.3, -0.25) is 0 Å². The van der Waals surface area contributed by atoms with Crippen molar-refractivity contribution in [2.45, 2.75) is 47.0 Å². The second-order valence-electron chi connectivity index (χ2n) is 5.81. The Morgan fingerprint density at radius 3 is 2.43 bits per heavy atom. The molecule has 0 atom stereocenters. The summed E-state index contributed by atoms with van der Waals surface area (Å²) in [5.41, 5.74) is 3.64.